The van der Waals surface area contributed by atoms with Crippen LogP contribution in [-0.2, 0) is 4.79 Å². The molecule has 2 rings (SSSR count). The van der Waals surface area contributed by atoms with Crippen molar-refractivity contribution < 1.29 is 4.79 Å². The molecule has 104 valence electrons. The van der Waals surface area contributed by atoms with E-state index in [2.05, 4.69) is 13.8 Å². The summed E-state index contributed by atoms with van der Waals surface area (Å²) in [4.78, 5) is 11.8. The predicted molar refractivity (Wildman–Crippen MR) is 76.5 cm³/mol. The first-order valence-electron chi connectivity index (χ1n) is 8.17. The second-order valence-electron chi connectivity index (χ2n) is 6.94. The van der Waals surface area contributed by atoms with Gasteiger partial charge in [-0.2, -0.15) is 0 Å². The molecule has 1 heteroatoms. The second kappa shape index (κ2) is 6.21. The monoisotopic (exact) mass is 250 g/mol. The fourth-order valence-electron chi connectivity index (χ4n) is 4.44. The van der Waals surface area contributed by atoms with Crippen LogP contribution in [0.15, 0.2) is 0 Å². The smallest absolute Gasteiger partial charge is 0.126 e. The van der Waals surface area contributed by atoms with Crippen LogP contribution in [0.3, 0.4) is 0 Å². The molecule has 1 nitrogen and oxygen atoms in total. The molecule has 0 saturated heterocycles. The molecule has 0 spiro atoms. The van der Waals surface area contributed by atoms with Crippen LogP contribution >= 0.6 is 0 Å². The zero-order chi connectivity index (χ0) is 13.0. The van der Waals surface area contributed by atoms with Crippen molar-refractivity contribution in [2.24, 2.45) is 23.2 Å². The van der Waals surface area contributed by atoms with Crippen LogP contribution in [0.2, 0.25) is 0 Å². The van der Waals surface area contributed by atoms with E-state index in [9.17, 15) is 4.79 Å². The highest BCUT2D eigenvalue weighted by atomic mass is 16.1. The summed E-state index contributed by atoms with van der Waals surface area (Å²) in [5.74, 6) is 2.27. The van der Waals surface area contributed by atoms with Crippen molar-refractivity contribution in [3.8, 4) is 0 Å². The standard InChI is InChI=1S/C17H30O/c1-3-14-9-11-16(12-10-14)17(2,13-18)15-7-5-4-6-8-15/h13-16H,3-12H2,1-2H3/t14-,16-,17?. The summed E-state index contributed by atoms with van der Waals surface area (Å²) in [5, 5.41) is 0. The van der Waals surface area contributed by atoms with Gasteiger partial charge in [0.15, 0.2) is 0 Å². The average molecular weight is 250 g/mol. The molecule has 0 heterocycles. The molecule has 0 N–H and O–H groups in total. The minimum Gasteiger partial charge on any atom is -0.303 e. The molecule has 0 radical (unpaired) electrons. The number of hydrogen-bond acceptors (Lipinski definition) is 1. The van der Waals surface area contributed by atoms with Crippen molar-refractivity contribution in [1.82, 2.24) is 0 Å². The third kappa shape index (κ3) is 2.81. The molecule has 0 aromatic rings. The SMILES string of the molecule is CC[C@H]1CC[C@H](C(C)(C=O)C2CCCCC2)CC1. The van der Waals surface area contributed by atoms with Crippen LogP contribution in [0, 0.1) is 23.2 Å². The van der Waals surface area contributed by atoms with Crippen molar-refractivity contribution in [3.63, 3.8) is 0 Å². The Hall–Kier alpha value is -0.330. The van der Waals surface area contributed by atoms with Gasteiger partial charge in [0.05, 0.1) is 0 Å². The Morgan fingerprint density at radius 2 is 1.50 bits per heavy atom. The Morgan fingerprint density at radius 1 is 0.944 bits per heavy atom. The summed E-state index contributed by atoms with van der Waals surface area (Å²) < 4.78 is 0. The summed E-state index contributed by atoms with van der Waals surface area (Å²) in [6, 6.07) is 0. The van der Waals surface area contributed by atoms with Crippen molar-refractivity contribution >= 4 is 6.29 Å². The van der Waals surface area contributed by atoms with Crippen molar-refractivity contribution in [2.45, 2.75) is 78.1 Å². The maximum atomic E-state index is 11.8. The zero-order valence-corrected chi connectivity index (χ0v) is 12.3. The molecule has 2 aliphatic carbocycles. The van der Waals surface area contributed by atoms with E-state index >= 15 is 0 Å². The molecule has 0 aliphatic heterocycles. The lowest BCUT2D eigenvalue weighted by Gasteiger charge is -2.44. The lowest BCUT2D eigenvalue weighted by atomic mass is 9.59. The van der Waals surface area contributed by atoms with Gasteiger partial charge in [-0.15, -0.1) is 0 Å². The van der Waals surface area contributed by atoms with Gasteiger partial charge in [0.25, 0.3) is 0 Å². The first kappa shape index (κ1) is 14.1. The summed E-state index contributed by atoms with van der Waals surface area (Å²) in [7, 11) is 0. The Bertz CT molecular complexity index is 259. The van der Waals surface area contributed by atoms with Gasteiger partial charge in [-0.1, -0.05) is 52.4 Å². The first-order valence-corrected chi connectivity index (χ1v) is 8.17. The van der Waals surface area contributed by atoms with Crippen LogP contribution in [0.4, 0.5) is 0 Å². The number of aldehydes is 1. The van der Waals surface area contributed by atoms with E-state index in [0.29, 0.717) is 11.8 Å². The van der Waals surface area contributed by atoms with E-state index in [1.165, 1.54) is 70.5 Å². The maximum Gasteiger partial charge on any atom is 0.126 e. The van der Waals surface area contributed by atoms with E-state index in [0.717, 1.165) is 5.92 Å². The quantitative estimate of drug-likeness (QED) is 0.642. The van der Waals surface area contributed by atoms with Gasteiger partial charge in [-0.25, -0.2) is 0 Å². The van der Waals surface area contributed by atoms with E-state index in [1.807, 2.05) is 0 Å². The molecular weight excluding hydrogens is 220 g/mol. The molecule has 2 fully saturated rings. The fraction of sp³-hybridized carbons (Fsp3) is 0.941. The number of hydrogen-bond donors (Lipinski definition) is 0. The number of carbonyl (C=O) groups is 1. The molecule has 2 aliphatic rings. The van der Waals surface area contributed by atoms with E-state index < -0.39 is 0 Å². The largest absolute Gasteiger partial charge is 0.303 e. The third-order valence-electron chi connectivity index (χ3n) is 6.04. The lowest BCUT2D eigenvalue weighted by Crippen LogP contribution is -2.40. The van der Waals surface area contributed by atoms with Crippen LogP contribution in [-0.4, -0.2) is 6.29 Å². The molecule has 18 heavy (non-hydrogen) atoms. The molecule has 0 aromatic heterocycles. The molecule has 0 bridgehead atoms. The Kier molecular flexibility index (Phi) is 4.86. The minimum absolute atomic E-state index is 0.0148. The van der Waals surface area contributed by atoms with E-state index in [4.69, 9.17) is 0 Å². The van der Waals surface area contributed by atoms with Gasteiger partial charge in [-0.3, -0.25) is 0 Å². The first-order chi connectivity index (χ1) is 8.70. The number of carbonyl (C=O) groups excluding carboxylic acids is 1. The summed E-state index contributed by atoms with van der Waals surface area (Å²) >= 11 is 0. The van der Waals surface area contributed by atoms with E-state index in [1.54, 1.807) is 0 Å². The second-order valence-corrected chi connectivity index (χ2v) is 6.94. The predicted octanol–water partition coefficient (Wildman–Crippen LogP) is 4.99. The Labute approximate surface area is 113 Å². The van der Waals surface area contributed by atoms with Gasteiger partial charge < -0.3 is 4.79 Å². The van der Waals surface area contributed by atoms with Gasteiger partial charge in [-0.05, 0) is 43.4 Å². The fourth-order valence-corrected chi connectivity index (χ4v) is 4.44. The van der Waals surface area contributed by atoms with Gasteiger partial charge in [0.2, 0.25) is 0 Å². The van der Waals surface area contributed by atoms with Gasteiger partial charge in [0, 0.05) is 5.41 Å². The van der Waals surface area contributed by atoms with Crippen LogP contribution in [0.25, 0.3) is 0 Å². The number of rotatable bonds is 4. The van der Waals surface area contributed by atoms with Crippen LogP contribution < -0.4 is 0 Å². The highest BCUT2D eigenvalue weighted by Crippen LogP contribution is 2.48. The molecular formula is C17H30O. The lowest BCUT2D eigenvalue weighted by molar-refractivity contribution is -0.124. The molecule has 0 amide bonds. The molecule has 1 atom stereocenters. The highest BCUT2D eigenvalue weighted by Gasteiger charge is 2.42. The van der Waals surface area contributed by atoms with Gasteiger partial charge in [0.1, 0.15) is 6.29 Å². The summed E-state index contributed by atoms with van der Waals surface area (Å²) in [6.45, 7) is 4.58. The normalized spacial score (nSPS) is 33.9. The zero-order valence-electron chi connectivity index (χ0n) is 12.3. The van der Waals surface area contributed by atoms with Gasteiger partial charge >= 0.3 is 0 Å². The highest BCUT2D eigenvalue weighted by molar-refractivity contribution is 5.60. The van der Waals surface area contributed by atoms with E-state index in [-0.39, 0.29) is 5.41 Å². The van der Waals surface area contributed by atoms with Crippen LogP contribution in [0.1, 0.15) is 78.1 Å². The minimum atomic E-state index is -0.0148. The molecule has 0 aromatic carbocycles. The summed E-state index contributed by atoms with van der Waals surface area (Å²) in [5.41, 5.74) is -0.0148. The van der Waals surface area contributed by atoms with Crippen molar-refractivity contribution in [2.75, 3.05) is 0 Å². The average Bonchev–Trinajstić information content (AvgIpc) is 2.47. The Morgan fingerprint density at radius 3 is 2.00 bits per heavy atom. The summed E-state index contributed by atoms with van der Waals surface area (Å²) in [6.07, 6.45) is 14.6. The molecule has 1 unspecified atom stereocenters. The third-order valence-corrected chi connectivity index (χ3v) is 6.04. The van der Waals surface area contributed by atoms with Crippen molar-refractivity contribution in [3.05, 3.63) is 0 Å². The van der Waals surface area contributed by atoms with Crippen molar-refractivity contribution in [1.29, 1.82) is 0 Å². The van der Waals surface area contributed by atoms with Crippen LogP contribution in [0.5, 0.6) is 0 Å². The molecule has 2 saturated carbocycles. The maximum absolute atomic E-state index is 11.8. The topological polar surface area (TPSA) is 17.1 Å². The Balaban J connectivity index is 2.00.